The maximum atomic E-state index is 6.07. The van der Waals surface area contributed by atoms with Gasteiger partial charge in [0.25, 0.3) is 0 Å². The van der Waals surface area contributed by atoms with E-state index in [0.717, 1.165) is 36.6 Å². The summed E-state index contributed by atoms with van der Waals surface area (Å²) in [5.41, 5.74) is 1.30. The lowest BCUT2D eigenvalue weighted by atomic mass is 9.95. The minimum atomic E-state index is 0.685. The summed E-state index contributed by atoms with van der Waals surface area (Å²) in [4.78, 5) is 2.57. The highest BCUT2D eigenvalue weighted by molar-refractivity contribution is 5.20. The first-order valence-corrected chi connectivity index (χ1v) is 8.17. The van der Waals surface area contributed by atoms with Crippen molar-refractivity contribution in [1.29, 1.82) is 0 Å². The predicted octanol–water partition coefficient (Wildman–Crippen LogP) is 3.46. The second kappa shape index (κ2) is 5.90. The van der Waals surface area contributed by atoms with Crippen molar-refractivity contribution in [2.75, 3.05) is 6.54 Å². The second-order valence-electron chi connectivity index (χ2n) is 6.94. The van der Waals surface area contributed by atoms with E-state index in [9.17, 15) is 0 Å². The number of hydrogen-bond donors (Lipinski definition) is 1. The zero-order chi connectivity index (χ0) is 14.1. The Bertz CT molecular complexity index is 450. The van der Waals surface area contributed by atoms with Crippen LogP contribution in [0.4, 0.5) is 0 Å². The van der Waals surface area contributed by atoms with Crippen molar-refractivity contribution in [2.45, 2.75) is 71.6 Å². The number of rotatable bonds is 5. The monoisotopic (exact) mass is 276 g/mol. The van der Waals surface area contributed by atoms with E-state index in [1.54, 1.807) is 0 Å². The molecular weight excluding hydrogens is 248 g/mol. The molecule has 0 spiro atoms. The van der Waals surface area contributed by atoms with Gasteiger partial charge in [0.05, 0.1) is 13.1 Å². The molecule has 2 aliphatic rings. The van der Waals surface area contributed by atoms with Gasteiger partial charge in [-0.15, -0.1) is 0 Å². The number of piperidine rings is 1. The first-order valence-electron chi connectivity index (χ1n) is 8.17. The molecule has 1 aromatic heterocycles. The fourth-order valence-corrected chi connectivity index (χ4v) is 3.17. The average molecular weight is 276 g/mol. The minimum Gasteiger partial charge on any atom is -0.463 e. The van der Waals surface area contributed by atoms with Gasteiger partial charge in [-0.1, -0.05) is 6.92 Å². The summed E-state index contributed by atoms with van der Waals surface area (Å²) in [6.07, 6.45) is 5.34. The SMILES string of the molecule is Cc1cc(CN2CC(C)CCC2C)oc1CNC1CC1. The third-order valence-corrected chi connectivity index (χ3v) is 4.81. The molecule has 1 N–H and O–H groups in total. The van der Waals surface area contributed by atoms with Crippen molar-refractivity contribution in [3.05, 3.63) is 23.2 Å². The molecule has 1 aromatic rings. The fourth-order valence-electron chi connectivity index (χ4n) is 3.17. The van der Waals surface area contributed by atoms with Crippen molar-refractivity contribution in [3.8, 4) is 0 Å². The summed E-state index contributed by atoms with van der Waals surface area (Å²) >= 11 is 0. The molecule has 1 saturated carbocycles. The van der Waals surface area contributed by atoms with Gasteiger partial charge < -0.3 is 9.73 Å². The van der Waals surface area contributed by atoms with Crippen LogP contribution in [0.2, 0.25) is 0 Å². The van der Waals surface area contributed by atoms with Crippen LogP contribution in [0.5, 0.6) is 0 Å². The highest BCUT2D eigenvalue weighted by Gasteiger charge is 2.24. The summed E-state index contributed by atoms with van der Waals surface area (Å²) < 4.78 is 6.07. The Balaban J connectivity index is 1.59. The van der Waals surface area contributed by atoms with E-state index in [4.69, 9.17) is 4.42 Å². The van der Waals surface area contributed by atoms with Crippen LogP contribution in [-0.2, 0) is 13.1 Å². The molecule has 0 bridgehead atoms. The Morgan fingerprint density at radius 1 is 1.25 bits per heavy atom. The fraction of sp³-hybridized carbons (Fsp3) is 0.765. The molecule has 20 heavy (non-hydrogen) atoms. The predicted molar refractivity (Wildman–Crippen MR) is 81.6 cm³/mol. The largest absolute Gasteiger partial charge is 0.463 e. The Morgan fingerprint density at radius 2 is 2.05 bits per heavy atom. The van der Waals surface area contributed by atoms with Crippen LogP contribution < -0.4 is 5.32 Å². The topological polar surface area (TPSA) is 28.4 Å². The number of nitrogens with zero attached hydrogens (tertiary/aromatic N) is 1. The summed E-state index contributed by atoms with van der Waals surface area (Å²) in [6, 6.07) is 3.66. The van der Waals surface area contributed by atoms with Gasteiger partial charge in [0, 0.05) is 18.6 Å². The normalized spacial score (nSPS) is 27.9. The molecule has 3 nitrogen and oxygen atoms in total. The van der Waals surface area contributed by atoms with Crippen LogP contribution in [0.1, 0.15) is 56.6 Å². The van der Waals surface area contributed by atoms with Crippen LogP contribution in [0.15, 0.2) is 10.5 Å². The number of aryl methyl sites for hydroxylation is 1. The van der Waals surface area contributed by atoms with Crippen LogP contribution >= 0.6 is 0 Å². The molecule has 2 heterocycles. The molecule has 2 fully saturated rings. The first-order chi connectivity index (χ1) is 9.61. The van der Waals surface area contributed by atoms with Crippen molar-refractivity contribution in [3.63, 3.8) is 0 Å². The van der Waals surface area contributed by atoms with E-state index in [1.165, 1.54) is 37.8 Å². The molecule has 0 amide bonds. The van der Waals surface area contributed by atoms with Gasteiger partial charge in [-0.25, -0.2) is 0 Å². The number of nitrogens with one attached hydrogen (secondary N) is 1. The van der Waals surface area contributed by atoms with Crippen molar-refractivity contribution in [2.24, 2.45) is 5.92 Å². The van der Waals surface area contributed by atoms with E-state index in [-0.39, 0.29) is 0 Å². The highest BCUT2D eigenvalue weighted by atomic mass is 16.3. The van der Waals surface area contributed by atoms with Crippen LogP contribution in [0.3, 0.4) is 0 Å². The van der Waals surface area contributed by atoms with Gasteiger partial charge in [-0.05, 0) is 57.1 Å². The Kier molecular flexibility index (Phi) is 4.18. The van der Waals surface area contributed by atoms with Gasteiger partial charge in [0.2, 0.25) is 0 Å². The lowest BCUT2D eigenvalue weighted by Gasteiger charge is -2.36. The zero-order valence-electron chi connectivity index (χ0n) is 13.1. The van der Waals surface area contributed by atoms with Gasteiger partial charge in [-0.2, -0.15) is 0 Å². The first kappa shape index (κ1) is 14.2. The molecule has 2 unspecified atom stereocenters. The van der Waals surface area contributed by atoms with Crippen LogP contribution in [0, 0.1) is 12.8 Å². The van der Waals surface area contributed by atoms with Crippen molar-refractivity contribution in [1.82, 2.24) is 10.2 Å². The molecule has 112 valence electrons. The summed E-state index contributed by atoms with van der Waals surface area (Å²) in [5, 5.41) is 3.54. The van der Waals surface area contributed by atoms with E-state index in [2.05, 4.69) is 37.1 Å². The summed E-state index contributed by atoms with van der Waals surface area (Å²) in [5.74, 6) is 3.08. The molecule has 1 aliphatic carbocycles. The minimum absolute atomic E-state index is 0.685. The standard InChI is InChI=1S/C17H28N2O/c1-12-4-5-14(3)19(10-12)11-16-8-13(2)17(20-16)9-18-15-6-7-15/h8,12,14-15,18H,4-7,9-11H2,1-3H3. The Morgan fingerprint density at radius 3 is 2.80 bits per heavy atom. The number of likely N-dealkylation sites (tertiary alicyclic amines) is 1. The van der Waals surface area contributed by atoms with Gasteiger partial charge in [-0.3, -0.25) is 4.90 Å². The quantitative estimate of drug-likeness (QED) is 0.892. The number of furan rings is 1. The van der Waals surface area contributed by atoms with E-state index >= 15 is 0 Å². The molecule has 0 radical (unpaired) electrons. The van der Waals surface area contributed by atoms with E-state index in [1.807, 2.05) is 0 Å². The smallest absolute Gasteiger partial charge is 0.120 e. The number of hydrogen-bond acceptors (Lipinski definition) is 3. The lowest BCUT2D eigenvalue weighted by Crippen LogP contribution is -2.40. The van der Waals surface area contributed by atoms with E-state index in [0.29, 0.717) is 6.04 Å². The highest BCUT2D eigenvalue weighted by Crippen LogP contribution is 2.25. The molecule has 3 rings (SSSR count). The molecule has 2 atom stereocenters. The Hall–Kier alpha value is -0.800. The summed E-state index contributed by atoms with van der Waals surface area (Å²) in [7, 11) is 0. The van der Waals surface area contributed by atoms with Crippen LogP contribution in [0.25, 0.3) is 0 Å². The van der Waals surface area contributed by atoms with Crippen molar-refractivity contribution >= 4 is 0 Å². The van der Waals surface area contributed by atoms with E-state index < -0.39 is 0 Å². The maximum Gasteiger partial charge on any atom is 0.120 e. The van der Waals surface area contributed by atoms with Gasteiger partial charge >= 0.3 is 0 Å². The second-order valence-corrected chi connectivity index (χ2v) is 6.94. The average Bonchev–Trinajstić information content (AvgIpc) is 3.16. The molecular formula is C17H28N2O. The zero-order valence-corrected chi connectivity index (χ0v) is 13.1. The van der Waals surface area contributed by atoms with Crippen molar-refractivity contribution < 1.29 is 4.42 Å². The Labute approximate surface area is 122 Å². The molecule has 3 heteroatoms. The third kappa shape index (κ3) is 3.44. The molecule has 0 aromatic carbocycles. The third-order valence-electron chi connectivity index (χ3n) is 4.81. The lowest BCUT2D eigenvalue weighted by molar-refractivity contribution is 0.108. The van der Waals surface area contributed by atoms with Gasteiger partial charge in [0.15, 0.2) is 0 Å². The van der Waals surface area contributed by atoms with Crippen LogP contribution in [-0.4, -0.2) is 23.5 Å². The molecule has 1 aliphatic heterocycles. The molecule has 1 saturated heterocycles. The van der Waals surface area contributed by atoms with Gasteiger partial charge in [0.1, 0.15) is 11.5 Å². The maximum absolute atomic E-state index is 6.07. The summed E-state index contributed by atoms with van der Waals surface area (Å²) in [6.45, 7) is 9.93.